The molecule has 0 heterocycles. The molecule has 3 nitrogen and oxygen atoms in total. The van der Waals surface area contributed by atoms with Crippen LogP contribution < -0.4 is 0 Å². The third kappa shape index (κ3) is 5.20. The molecule has 3 heteroatoms. The fourth-order valence-electron chi connectivity index (χ4n) is 1.70. The topological polar surface area (TPSA) is 32.7 Å². The Morgan fingerprint density at radius 2 is 1.94 bits per heavy atom. The van der Waals surface area contributed by atoms with Crippen molar-refractivity contribution in [3.8, 4) is 5.75 Å². The molecule has 1 atom stereocenters. The van der Waals surface area contributed by atoms with Gasteiger partial charge in [0.25, 0.3) is 0 Å². The highest BCUT2D eigenvalue weighted by atomic mass is 16.5. The van der Waals surface area contributed by atoms with Crippen molar-refractivity contribution in [3.63, 3.8) is 0 Å². The highest BCUT2D eigenvalue weighted by Gasteiger charge is 2.09. The van der Waals surface area contributed by atoms with Crippen LogP contribution in [-0.2, 0) is 11.2 Å². The predicted molar refractivity (Wildman–Crippen MR) is 70.4 cm³/mol. The number of nitrogens with zero attached hydrogens (tertiary/aromatic N) is 1. The quantitative estimate of drug-likeness (QED) is 0.739. The number of rotatable bonds is 7. The number of hydrogen-bond acceptors (Lipinski definition) is 3. The largest absolute Gasteiger partial charge is 0.508 e. The van der Waals surface area contributed by atoms with Crippen molar-refractivity contribution in [2.45, 2.75) is 26.3 Å². The second-order valence-corrected chi connectivity index (χ2v) is 4.40. The maximum absolute atomic E-state index is 9.22. The summed E-state index contributed by atoms with van der Waals surface area (Å²) >= 11 is 0. The number of benzene rings is 1. The molecule has 0 amide bonds. The standard InChI is InChI=1S/C14H23NO2/c1-4-17-10-9-15(3)12(2)11-13-5-7-14(16)8-6-13/h5-8,12,16H,4,9-11H2,1-3H3. The van der Waals surface area contributed by atoms with Crippen molar-refractivity contribution in [1.82, 2.24) is 4.90 Å². The lowest BCUT2D eigenvalue weighted by Gasteiger charge is -2.24. The highest BCUT2D eigenvalue weighted by Crippen LogP contribution is 2.12. The van der Waals surface area contributed by atoms with Gasteiger partial charge in [-0.25, -0.2) is 0 Å². The van der Waals surface area contributed by atoms with Gasteiger partial charge >= 0.3 is 0 Å². The van der Waals surface area contributed by atoms with Crippen LogP contribution in [0.5, 0.6) is 5.75 Å². The van der Waals surface area contributed by atoms with Crippen LogP contribution in [0.25, 0.3) is 0 Å². The van der Waals surface area contributed by atoms with E-state index >= 15 is 0 Å². The summed E-state index contributed by atoms with van der Waals surface area (Å²) in [6.07, 6.45) is 0.989. The molecule has 0 bridgehead atoms. The second kappa shape index (κ2) is 7.30. The lowest BCUT2D eigenvalue weighted by atomic mass is 10.1. The van der Waals surface area contributed by atoms with Gasteiger partial charge in [-0.05, 0) is 45.0 Å². The number of likely N-dealkylation sites (N-methyl/N-ethyl adjacent to an activating group) is 1. The van der Waals surface area contributed by atoms with Crippen molar-refractivity contribution in [3.05, 3.63) is 29.8 Å². The summed E-state index contributed by atoms with van der Waals surface area (Å²) in [5, 5.41) is 9.22. The minimum atomic E-state index is 0.325. The van der Waals surface area contributed by atoms with Crippen LogP contribution in [0.3, 0.4) is 0 Å². The minimum absolute atomic E-state index is 0.325. The predicted octanol–water partition coefficient (Wildman–Crippen LogP) is 2.29. The van der Waals surface area contributed by atoms with Gasteiger partial charge in [-0.1, -0.05) is 12.1 Å². The van der Waals surface area contributed by atoms with E-state index in [2.05, 4.69) is 18.9 Å². The lowest BCUT2D eigenvalue weighted by molar-refractivity contribution is 0.110. The molecule has 0 saturated carbocycles. The molecule has 1 rings (SSSR count). The highest BCUT2D eigenvalue weighted by molar-refractivity contribution is 5.26. The Bertz CT molecular complexity index is 311. The molecule has 0 fully saturated rings. The van der Waals surface area contributed by atoms with Gasteiger partial charge in [0.05, 0.1) is 6.61 Å². The van der Waals surface area contributed by atoms with Gasteiger partial charge in [-0.2, -0.15) is 0 Å². The zero-order valence-corrected chi connectivity index (χ0v) is 11.0. The van der Waals surface area contributed by atoms with Gasteiger partial charge in [-0.3, -0.25) is 0 Å². The Kier molecular flexibility index (Phi) is 6.01. The molecule has 96 valence electrons. The van der Waals surface area contributed by atoms with Crippen LogP contribution >= 0.6 is 0 Å². The molecule has 0 radical (unpaired) electrons. The van der Waals surface area contributed by atoms with Crippen LogP contribution in [0.1, 0.15) is 19.4 Å². The summed E-state index contributed by atoms with van der Waals surface area (Å²) in [6, 6.07) is 7.90. The Morgan fingerprint density at radius 1 is 1.29 bits per heavy atom. The van der Waals surface area contributed by atoms with E-state index in [1.165, 1.54) is 5.56 Å². The van der Waals surface area contributed by atoms with Crippen molar-refractivity contribution in [2.24, 2.45) is 0 Å². The maximum atomic E-state index is 9.22. The molecule has 17 heavy (non-hydrogen) atoms. The molecule has 0 aliphatic carbocycles. The third-order valence-corrected chi connectivity index (χ3v) is 3.01. The van der Waals surface area contributed by atoms with E-state index in [1.54, 1.807) is 12.1 Å². The van der Waals surface area contributed by atoms with Gasteiger partial charge in [-0.15, -0.1) is 0 Å². The first-order valence-electron chi connectivity index (χ1n) is 6.19. The van der Waals surface area contributed by atoms with E-state index in [9.17, 15) is 5.11 Å². The van der Waals surface area contributed by atoms with Gasteiger partial charge in [0.15, 0.2) is 0 Å². The molecule has 0 aliphatic rings. The van der Waals surface area contributed by atoms with Gasteiger partial charge in [0.1, 0.15) is 5.75 Å². The summed E-state index contributed by atoms with van der Waals surface area (Å²) in [6.45, 7) is 6.73. The summed E-state index contributed by atoms with van der Waals surface area (Å²) < 4.78 is 5.35. The van der Waals surface area contributed by atoms with E-state index in [4.69, 9.17) is 4.74 Å². The molecule has 0 spiro atoms. The number of ether oxygens (including phenoxy) is 1. The molecule has 0 saturated heterocycles. The summed E-state index contributed by atoms with van der Waals surface area (Å²) in [7, 11) is 2.12. The second-order valence-electron chi connectivity index (χ2n) is 4.40. The smallest absolute Gasteiger partial charge is 0.115 e. The minimum Gasteiger partial charge on any atom is -0.508 e. The van der Waals surface area contributed by atoms with Crippen LogP contribution in [0.15, 0.2) is 24.3 Å². The van der Waals surface area contributed by atoms with Gasteiger partial charge in [0.2, 0.25) is 0 Å². The van der Waals surface area contributed by atoms with E-state index in [1.807, 2.05) is 19.1 Å². The zero-order valence-electron chi connectivity index (χ0n) is 11.0. The average Bonchev–Trinajstić information content (AvgIpc) is 2.32. The number of phenols is 1. The van der Waals surface area contributed by atoms with Crippen molar-refractivity contribution >= 4 is 0 Å². The van der Waals surface area contributed by atoms with E-state index in [0.29, 0.717) is 11.8 Å². The maximum Gasteiger partial charge on any atom is 0.115 e. The van der Waals surface area contributed by atoms with Crippen molar-refractivity contribution in [1.29, 1.82) is 0 Å². The Hall–Kier alpha value is -1.06. The molecular formula is C14H23NO2. The first-order chi connectivity index (χ1) is 8.13. The van der Waals surface area contributed by atoms with Crippen molar-refractivity contribution in [2.75, 3.05) is 26.8 Å². The first kappa shape index (κ1) is 14.0. The summed E-state index contributed by atoms with van der Waals surface area (Å²) in [5.41, 5.74) is 1.25. The SMILES string of the molecule is CCOCCN(C)C(C)Cc1ccc(O)cc1. The molecule has 0 aliphatic heterocycles. The molecule has 1 aromatic rings. The first-order valence-corrected chi connectivity index (χ1v) is 6.19. The average molecular weight is 237 g/mol. The third-order valence-electron chi connectivity index (χ3n) is 3.01. The van der Waals surface area contributed by atoms with Gasteiger partial charge in [0, 0.05) is 19.2 Å². The summed E-state index contributed by atoms with van der Waals surface area (Å²) in [5.74, 6) is 0.325. The molecular weight excluding hydrogens is 214 g/mol. The molecule has 1 aromatic carbocycles. The molecule has 1 unspecified atom stereocenters. The van der Waals surface area contributed by atoms with Crippen LogP contribution in [0.4, 0.5) is 0 Å². The number of phenolic OH excluding ortho intramolecular Hbond substituents is 1. The van der Waals surface area contributed by atoms with E-state index in [-0.39, 0.29) is 0 Å². The number of aromatic hydroxyl groups is 1. The fourth-order valence-corrected chi connectivity index (χ4v) is 1.70. The molecule has 0 aromatic heterocycles. The normalized spacial score (nSPS) is 12.9. The van der Waals surface area contributed by atoms with Gasteiger partial charge < -0.3 is 14.7 Å². The molecule has 1 N–H and O–H groups in total. The number of hydrogen-bond donors (Lipinski definition) is 1. The van der Waals surface area contributed by atoms with Crippen LogP contribution in [0, 0.1) is 0 Å². The van der Waals surface area contributed by atoms with E-state index in [0.717, 1.165) is 26.2 Å². The zero-order chi connectivity index (χ0) is 12.7. The Morgan fingerprint density at radius 3 is 2.53 bits per heavy atom. The van der Waals surface area contributed by atoms with Crippen LogP contribution in [0.2, 0.25) is 0 Å². The summed E-state index contributed by atoms with van der Waals surface area (Å²) in [4.78, 5) is 2.29. The van der Waals surface area contributed by atoms with E-state index < -0.39 is 0 Å². The Balaban J connectivity index is 2.37. The lowest BCUT2D eigenvalue weighted by Crippen LogP contribution is -2.33. The monoisotopic (exact) mass is 237 g/mol. The van der Waals surface area contributed by atoms with Crippen LogP contribution in [-0.4, -0.2) is 42.9 Å². The fraction of sp³-hybridized carbons (Fsp3) is 0.571. The van der Waals surface area contributed by atoms with Crippen molar-refractivity contribution < 1.29 is 9.84 Å². The Labute approximate surface area is 104 Å².